The first-order chi connectivity index (χ1) is 39.8. The van der Waals surface area contributed by atoms with Gasteiger partial charge in [0, 0.05) is 76.2 Å². The Morgan fingerprint density at radius 2 is 0.905 bits per heavy atom. The molecule has 1 heterocycles. The van der Waals surface area contributed by atoms with Crippen LogP contribution in [-0.4, -0.2) is 65.9 Å². The summed E-state index contributed by atoms with van der Waals surface area (Å²) in [5.41, 5.74) is 4.24. The van der Waals surface area contributed by atoms with Gasteiger partial charge in [0.2, 0.25) is 0 Å². The van der Waals surface area contributed by atoms with Gasteiger partial charge in [-0.15, -0.1) is 0 Å². The number of hydrogen-bond donors (Lipinski definition) is 0. The summed E-state index contributed by atoms with van der Waals surface area (Å²) in [5.74, 6) is 0.0839. The number of esters is 9. The van der Waals surface area contributed by atoms with Crippen LogP contribution in [0, 0.1) is 17.8 Å². The number of carbonyl (C=O) groups is 9. The van der Waals surface area contributed by atoms with E-state index in [1.165, 1.54) is 47.6 Å². The van der Waals surface area contributed by atoms with Gasteiger partial charge in [-0.2, -0.15) is 0 Å². The van der Waals surface area contributed by atoms with Crippen LogP contribution in [-0.2, 0) is 52.6 Å². The monoisotopic (exact) mass is 1150 g/mol. The maximum Gasteiger partial charge on any atom is 0.338 e. The van der Waals surface area contributed by atoms with Crippen LogP contribution < -0.4 is 33.2 Å². The minimum atomic E-state index is -0.514. The average Bonchev–Trinajstić information content (AvgIpc) is 1.74. The van der Waals surface area contributed by atoms with Crippen LogP contribution in [0.4, 0.5) is 0 Å². The van der Waals surface area contributed by atoms with Gasteiger partial charge in [-0.3, -0.25) is 33.6 Å². The van der Waals surface area contributed by atoms with Crippen LogP contribution in [0.5, 0.6) is 40.2 Å². The van der Waals surface area contributed by atoms with Crippen LogP contribution in [0.25, 0.3) is 24.3 Å². The van der Waals surface area contributed by atoms with Crippen molar-refractivity contribution >= 4 is 78.0 Å². The van der Waals surface area contributed by atoms with Crippen molar-refractivity contribution < 1.29 is 85.8 Å². The predicted octanol–water partition coefficient (Wildman–Crippen LogP) is 12.1. The second-order valence-electron chi connectivity index (χ2n) is 18.5. The lowest BCUT2D eigenvalue weighted by atomic mass is 9.88. The van der Waals surface area contributed by atoms with E-state index in [0.717, 1.165) is 35.1 Å². The van der Waals surface area contributed by atoms with E-state index in [4.69, 9.17) is 42.6 Å². The first-order valence-electron chi connectivity index (χ1n) is 25.9. The smallest absolute Gasteiger partial charge is 0.338 e. The number of benzene rings is 5. The fourth-order valence-electron chi connectivity index (χ4n) is 7.98. The van der Waals surface area contributed by atoms with Gasteiger partial charge < -0.3 is 42.6 Å². The number of carbonyl (C=O) groups excluding carboxylic acids is 9. The summed E-state index contributed by atoms with van der Waals surface area (Å²) in [6, 6.07) is 32.7. The first-order valence-corrected chi connectivity index (χ1v) is 25.9. The lowest BCUT2D eigenvalue weighted by molar-refractivity contribution is -0.158. The Balaban J connectivity index is 0.000000266. The fraction of sp³-hybridized carbons (Fsp3) is 0.227. The summed E-state index contributed by atoms with van der Waals surface area (Å²) in [5, 5.41) is 0. The highest BCUT2D eigenvalue weighted by atomic mass is 16.6. The molecule has 2 saturated carbocycles. The molecular formula is C66H68O18. The molecule has 5 aromatic rings. The van der Waals surface area contributed by atoms with Gasteiger partial charge in [-0.05, 0) is 98.0 Å². The van der Waals surface area contributed by atoms with E-state index in [2.05, 4.69) is 39.5 Å². The molecule has 0 spiro atoms. The van der Waals surface area contributed by atoms with Crippen molar-refractivity contribution in [1.29, 1.82) is 0 Å². The summed E-state index contributed by atoms with van der Waals surface area (Å²) in [7, 11) is 0. The van der Waals surface area contributed by atoms with Crippen LogP contribution in [0.1, 0.15) is 90.5 Å². The zero-order valence-electron chi connectivity index (χ0n) is 48.2. The molecule has 0 amide bonds. The molecule has 5 aromatic carbocycles. The molecule has 84 heavy (non-hydrogen) atoms. The molecular weight excluding hydrogens is 1080 g/mol. The van der Waals surface area contributed by atoms with Crippen molar-refractivity contribution in [3.63, 3.8) is 0 Å². The molecule has 5 unspecified atom stereocenters. The topological polar surface area (TPSA) is 237 Å². The Morgan fingerprint density at radius 3 is 1.43 bits per heavy atom. The zero-order valence-corrected chi connectivity index (χ0v) is 48.2. The maximum atomic E-state index is 11.5. The number of ether oxygens (including phenoxy) is 9. The Labute approximate surface area is 488 Å². The minimum absolute atomic E-state index is 0.0646. The Morgan fingerprint density at radius 1 is 0.440 bits per heavy atom. The summed E-state index contributed by atoms with van der Waals surface area (Å²) in [4.78, 5) is 98.3. The molecule has 8 rings (SSSR count). The Hall–Kier alpha value is -10.2. The third-order valence-corrected chi connectivity index (χ3v) is 11.5. The van der Waals surface area contributed by atoms with E-state index >= 15 is 0 Å². The summed E-state index contributed by atoms with van der Waals surface area (Å²) >= 11 is 0. The SMILES string of the molecule is C=C(C)C(=O)OC1C2CC3C(=O)OC1C3C2.C=C(C)C(=O)Oc1cccc(OC(C)=O)c1.C=Cc1ccc(OC(C)=O)c(OC(C)=O)c1.C=Cc1ccc(OC(C)=O)cc1.C=Cc1cccc(OC(C)=O)c1.C=Cc1ccccc1OC(C)=O. The van der Waals surface area contributed by atoms with Crippen molar-refractivity contribution in [3.05, 3.63) is 188 Å². The normalized spacial score (nSPS) is 15.7. The highest BCUT2D eigenvalue weighted by Crippen LogP contribution is 2.55. The Kier molecular flexibility index (Phi) is 27.7. The number of fused-ring (bicyclic) bond motifs is 1. The second kappa shape index (κ2) is 34.1. The quantitative estimate of drug-likeness (QED) is 0.0570. The number of rotatable bonds is 14. The maximum absolute atomic E-state index is 11.5. The molecule has 0 N–H and O–H groups in total. The molecule has 5 atom stereocenters. The molecule has 1 aliphatic heterocycles. The van der Waals surface area contributed by atoms with Crippen molar-refractivity contribution in [1.82, 2.24) is 0 Å². The predicted molar refractivity (Wildman–Crippen MR) is 315 cm³/mol. The molecule has 18 nitrogen and oxygen atoms in total. The van der Waals surface area contributed by atoms with Gasteiger partial charge in [0.1, 0.15) is 41.0 Å². The second-order valence-corrected chi connectivity index (χ2v) is 18.5. The molecule has 18 heteroatoms. The summed E-state index contributed by atoms with van der Waals surface area (Å²) in [6.07, 6.45) is 8.02. The summed E-state index contributed by atoms with van der Waals surface area (Å²) < 4.78 is 44.9. The van der Waals surface area contributed by atoms with Crippen molar-refractivity contribution in [2.24, 2.45) is 17.8 Å². The first kappa shape index (κ1) is 68.0. The van der Waals surface area contributed by atoms with E-state index in [1.807, 2.05) is 42.5 Å². The molecule has 2 bridgehead atoms. The summed E-state index contributed by atoms with van der Waals surface area (Å²) in [6.45, 7) is 32.6. The van der Waals surface area contributed by atoms with E-state index in [1.54, 1.807) is 105 Å². The molecule has 0 aromatic heterocycles. The third-order valence-electron chi connectivity index (χ3n) is 11.5. The van der Waals surface area contributed by atoms with Gasteiger partial charge in [0.05, 0.1) is 5.92 Å². The molecule has 0 radical (unpaired) electrons. The van der Waals surface area contributed by atoms with Gasteiger partial charge in [-0.25, -0.2) is 9.59 Å². The third kappa shape index (κ3) is 23.5. The van der Waals surface area contributed by atoms with Gasteiger partial charge >= 0.3 is 53.7 Å². The molecule has 1 saturated heterocycles. The lowest BCUT2D eigenvalue weighted by Crippen LogP contribution is -2.36. The zero-order chi connectivity index (χ0) is 62.6. The molecule has 2 aliphatic carbocycles. The van der Waals surface area contributed by atoms with Crippen LogP contribution in [0.3, 0.4) is 0 Å². The fourth-order valence-corrected chi connectivity index (χ4v) is 7.98. The molecule has 440 valence electrons. The average molecular weight is 1150 g/mol. The van der Waals surface area contributed by atoms with Crippen molar-refractivity contribution in [2.45, 2.75) is 80.4 Å². The van der Waals surface area contributed by atoms with Gasteiger partial charge in [-0.1, -0.05) is 118 Å². The minimum Gasteiger partial charge on any atom is -0.458 e. The largest absolute Gasteiger partial charge is 0.458 e. The highest BCUT2D eigenvalue weighted by Gasteiger charge is 2.63. The van der Waals surface area contributed by atoms with Crippen molar-refractivity contribution in [2.75, 3.05) is 0 Å². The van der Waals surface area contributed by atoms with E-state index < -0.39 is 23.9 Å². The Bertz CT molecular complexity index is 3260. The van der Waals surface area contributed by atoms with Crippen LogP contribution in [0.15, 0.2) is 166 Å². The molecule has 3 fully saturated rings. The van der Waals surface area contributed by atoms with E-state index in [0.29, 0.717) is 45.8 Å². The lowest BCUT2D eigenvalue weighted by Gasteiger charge is -2.25. The van der Waals surface area contributed by atoms with Crippen LogP contribution in [0.2, 0.25) is 0 Å². The number of hydrogen-bond acceptors (Lipinski definition) is 18. The van der Waals surface area contributed by atoms with Crippen LogP contribution >= 0.6 is 0 Å². The highest BCUT2D eigenvalue weighted by molar-refractivity contribution is 5.89. The van der Waals surface area contributed by atoms with E-state index in [-0.39, 0.29) is 65.4 Å². The van der Waals surface area contributed by atoms with Gasteiger partial charge in [0.15, 0.2) is 11.5 Å². The van der Waals surface area contributed by atoms with Gasteiger partial charge in [0.25, 0.3) is 0 Å². The van der Waals surface area contributed by atoms with Crippen molar-refractivity contribution in [3.8, 4) is 40.2 Å². The molecule has 3 aliphatic rings. The number of para-hydroxylation sites is 1. The van der Waals surface area contributed by atoms with E-state index in [9.17, 15) is 43.2 Å². The standard InChI is InChI=1S/C12H14O4.2C12H12O4.3C10H10O2/c1-5(2)11(13)15-9-6-3-7-8(4-6)12(14)16-10(7)9;1-8(2)12(14)16-11-6-4-5-10(7-11)15-9(3)13;1-4-10-5-6-11(15-8(2)13)12(7-10)16-9(3)14;1-3-9-4-6-10(7-5-9)12-8(2)11;1-3-9-5-4-6-10(7-9)12-8(2)11;1-3-9-6-4-5-7-10(9)12-8(2)11/h6-10H,1,3-4H2,2H3;2*4-7H,1H2,2-3H3;3*3-7H,1H2,2H3.